The minimum atomic E-state index is -3.63. The number of nitrogens with zero attached hydrogens (tertiary/aromatic N) is 1. The van der Waals surface area contributed by atoms with Gasteiger partial charge in [0.2, 0.25) is 10.0 Å². The average Bonchev–Trinajstić information content (AvgIpc) is 3.53. The van der Waals surface area contributed by atoms with Crippen LogP contribution in [0.15, 0.2) is 39.6 Å². The number of hydrogen-bond donors (Lipinski definition) is 1. The van der Waals surface area contributed by atoms with Crippen molar-refractivity contribution < 1.29 is 27.1 Å². The zero-order valence-electron chi connectivity index (χ0n) is 17.6. The largest absolute Gasteiger partial charge is 0.491 e. The number of aryl methyl sites for hydroxylation is 1. The molecule has 2 saturated heterocycles. The van der Waals surface area contributed by atoms with Gasteiger partial charge in [-0.2, -0.15) is 4.31 Å². The lowest BCUT2D eigenvalue weighted by atomic mass is 10.2. The van der Waals surface area contributed by atoms with Crippen LogP contribution >= 0.6 is 0 Å². The number of nitrogens with one attached hydrogen (secondary N) is 1. The van der Waals surface area contributed by atoms with Gasteiger partial charge in [0.15, 0.2) is 5.76 Å². The third kappa shape index (κ3) is 5.11. The van der Waals surface area contributed by atoms with E-state index in [0.717, 1.165) is 43.6 Å². The second kappa shape index (κ2) is 9.42. The van der Waals surface area contributed by atoms with E-state index in [-0.39, 0.29) is 22.5 Å². The maximum absolute atomic E-state index is 12.8. The molecule has 31 heavy (non-hydrogen) atoms. The third-order valence-electron chi connectivity index (χ3n) is 5.62. The van der Waals surface area contributed by atoms with Crippen molar-refractivity contribution in [3.05, 3.63) is 47.4 Å². The summed E-state index contributed by atoms with van der Waals surface area (Å²) < 4.78 is 43.7. The Hall–Kier alpha value is -2.36. The number of benzene rings is 1. The first-order chi connectivity index (χ1) is 14.9. The van der Waals surface area contributed by atoms with Gasteiger partial charge in [-0.1, -0.05) is 12.1 Å². The monoisotopic (exact) mass is 448 g/mol. The Morgan fingerprint density at radius 3 is 2.61 bits per heavy atom. The summed E-state index contributed by atoms with van der Waals surface area (Å²) >= 11 is 0. The molecule has 4 rings (SSSR count). The van der Waals surface area contributed by atoms with Crippen LogP contribution in [0.1, 0.15) is 47.6 Å². The van der Waals surface area contributed by atoms with Crippen LogP contribution in [0.3, 0.4) is 0 Å². The number of carbonyl (C=O) groups excluding carboxylic acids is 1. The fourth-order valence-electron chi connectivity index (χ4n) is 3.84. The summed E-state index contributed by atoms with van der Waals surface area (Å²) in [5, 5.41) is 2.77. The molecule has 2 aliphatic rings. The molecular weight excluding hydrogens is 420 g/mol. The van der Waals surface area contributed by atoms with Gasteiger partial charge >= 0.3 is 0 Å². The van der Waals surface area contributed by atoms with Gasteiger partial charge in [-0.15, -0.1) is 0 Å². The highest BCUT2D eigenvalue weighted by Crippen LogP contribution is 2.26. The first kappa shape index (κ1) is 21.9. The van der Waals surface area contributed by atoms with E-state index in [9.17, 15) is 13.2 Å². The Bertz CT molecular complexity index is 1000. The van der Waals surface area contributed by atoms with E-state index in [1.54, 1.807) is 6.92 Å². The molecule has 9 heteroatoms. The average molecular weight is 449 g/mol. The second-order valence-corrected chi connectivity index (χ2v) is 9.82. The van der Waals surface area contributed by atoms with Gasteiger partial charge in [0.1, 0.15) is 23.0 Å². The normalized spacial score (nSPS) is 19.6. The highest BCUT2D eigenvalue weighted by Gasteiger charge is 2.31. The number of furan rings is 1. The molecule has 168 valence electrons. The standard InChI is InChI=1S/C22H28N2O6S/c1-16-21(31(26,27)24-10-2-3-11-24)13-20(30-16)22(25)23-14-17-6-8-18(9-7-17)29-15-19-5-4-12-28-19/h6-9,13,19H,2-5,10-12,14-15H2,1H3,(H,23,25). The molecule has 1 aromatic carbocycles. The summed E-state index contributed by atoms with van der Waals surface area (Å²) in [4.78, 5) is 12.6. The van der Waals surface area contributed by atoms with Crippen molar-refractivity contribution in [1.82, 2.24) is 9.62 Å². The van der Waals surface area contributed by atoms with Crippen molar-refractivity contribution in [1.29, 1.82) is 0 Å². The molecule has 1 unspecified atom stereocenters. The van der Waals surface area contributed by atoms with Crippen molar-refractivity contribution in [2.75, 3.05) is 26.3 Å². The predicted molar refractivity (Wildman–Crippen MR) is 114 cm³/mol. The third-order valence-corrected chi connectivity index (χ3v) is 7.62. The minimum Gasteiger partial charge on any atom is -0.491 e. The van der Waals surface area contributed by atoms with Gasteiger partial charge in [0.25, 0.3) is 5.91 Å². The fraction of sp³-hybridized carbons (Fsp3) is 0.500. The maximum atomic E-state index is 12.8. The van der Waals surface area contributed by atoms with Crippen molar-refractivity contribution in [3.8, 4) is 5.75 Å². The van der Waals surface area contributed by atoms with E-state index in [2.05, 4.69) is 5.32 Å². The molecule has 1 aromatic heterocycles. The summed E-state index contributed by atoms with van der Waals surface area (Å²) in [7, 11) is -3.63. The van der Waals surface area contributed by atoms with Crippen LogP contribution in [0, 0.1) is 6.92 Å². The Balaban J connectivity index is 1.32. The smallest absolute Gasteiger partial charge is 0.287 e. The van der Waals surface area contributed by atoms with Crippen molar-refractivity contribution in [2.24, 2.45) is 0 Å². The predicted octanol–water partition coefficient (Wildman–Crippen LogP) is 2.86. The molecule has 0 saturated carbocycles. The molecule has 2 aliphatic heterocycles. The molecule has 0 bridgehead atoms. The second-order valence-electron chi connectivity index (χ2n) is 7.91. The molecule has 3 heterocycles. The lowest BCUT2D eigenvalue weighted by Gasteiger charge is -2.14. The molecule has 2 aromatic rings. The molecular formula is C22H28N2O6S. The quantitative estimate of drug-likeness (QED) is 0.667. The SMILES string of the molecule is Cc1oc(C(=O)NCc2ccc(OCC3CCCO3)cc2)cc1S(=O)(=O)N1CCCC1. The van der Waals surface area contributed by atoms with Gasteiger partial charge < -0.3 is 19.2 Å². The highest BCUT2D eigenvalue weighted by atomic mass is 32.2. The van der Waals surface area contributed by atoms with Crippen molar-refractivity contribution in [3.63, 3.8) is 0 Å². The lowest BCUT2D eigenvalue weighted by molar-refractivity contribution is 0.0679. The fourth-order valence-corrected chi connectivity index (χ4v) is 5.52. The first-order valence-electron chi connectivity index (χ1n) is 10.7. The highest BCUT2D eigenvalue weighted by molar-refractivity contribution is 7.89. The van der Waals surface area contributed by atoms with E-state index in [1.807, 2.05) is 24.3 Å². The Morgan fingerprint density at radius 2 is 1.94 bits per heavy atom. The van der Waals surface area contributed by atoms with Gasteiger partial charge in [0, 0.05) is 32.3 Å². The van der Waals surface area contributed by atoms with E-state index in [0.29, 0.717) is 26.2 Å². The van der Waals surface area contributed by atoms with Crippen molar-refractivity contribution >= 4 is 15.9 Å². The van der Waals surface area contributed by atoms with Gasteiger partial charge in [0.05, 0.1) is 6.10 Å². The molecule has 1 N–H and O–H groups in total. The van der Waals surface area contributed by atoms with Crippen LogP contribution in [-0.2, 0) is 21.3 Å². The summed E-state index contributed by atoms with van der Waals surface area (Å²) in [6.07, 6.45) is 3.96. The van der Waals surface area contributed by atoms with Crippen LogP contribution in [0.5, 0.6) is 5.75 Å². The minimum absolute atomic E-state index is 0.00760. The zero-order valence-corrected chi connectivity index (χ0v) is 18.4. The molecule has 0 spiro atoms. The van der Waals surface area contributed by atoms with E-state index < -0.39 is 15.9 Å². The number of sulfonamides is 1. The number of rotatable bonds is 8. The van der Waals surface area contributed by atoms with Crippen LogP contribution in [-0.4, -0.2) is 51.0 Å². The molecule has 0 aliphatic carbocycles. The lowest BCUT2D eigenvalue weighted by Crippen LogP contribution is -2.28. The molecule has 1 amide bonds. The molecule has 0 radical (unpaired) electrons. The number of amides is 1. The van der Waals surface area contributed by atoms with E-state index in [4.69, 9.17) is 13.9 Å². The van der Waals surface area contributed by atoms with Crippen LogP contribution in [0.2, 0.25) is 0 Å². The van der Waals surface area contributed by atoms with Crippen molar-refractivity contribution in [2.45, 2.75) is 50.2 Å². The summed E-state index contributed by atoms with van der Waals surface area (Å²) in [5.41, 5.74) is 0.894. The maximum Gasteiger partial charge on any atom is 0.287 e. The Labute approximate surface area is 182 Å². The Kier molecular flexibility index (Phi) is 6.64. The van der Waals surface area contributed by atoms with Crippen LogP contribution in [0.4, 0.5) is 0 Å². The van der Waals surface area contributed by atoms with Crippen LogP contribution < -0.4 is 10.1 Å². The number of hydrogen-bond acceptors (Lipinski definition) is 6. The van der Waals surface area contributed by atoms with Gasteiger partial charge in [-0.05, 0) is 50.3 Å². The topological polar surface area (TPSA) is 98.1 Å². The molecule has 8 nitrogen and oxygen atoms in total. The van der Waals surface area contributed by atoms with E-state index >= 15 is 0 Å². The first-order valence-corrected chi connectivity index (χ1v) is 12.1. The van der Waals surface area contributed by atoms with Crippen LogP contribution in [0.25, 0.3) is 0 Å². The molecule has 2 fully saturated rings. The van der Waals surface area contributed by atoms with Gasteiger partial charge in [-0.25, -0.2) is 8.42 Å². The summed E-state index contributed by atoms with van der Waals surface area (Å²) in [5.74, 6) is 0.519. The summed E-state index contributed by atoms with van der Waals surface area (Å²) in [6.45, 7) is 4.20. The van der Waals surface area contributed by atoms with Gasteiger partial charge in [-0.3, -0.25) is 4.79 Å². The van der Waals surface area contributed by atoms with E-state index in [1.165, 1.54) is 10.4 Å². The Morgan fingerprint density at radius 1 is 1.19 bits per heavy atom. The zero-order chi connectivity index (χ0) is 21.8. The molecule has 1 atom stereocenters. The number of carbonyl (C=O) groups is 1. The number of ether oxygens (including phenoxy) is 2. The summed E-state index contributed by atoms with van der Waals surface area (Å²) in [6, 6.07) is 8.78.